The molecule has 0 radical (unpaired) electrons. The summed E-state index contributed by atoms with van der Waals surface area (Å²) >= 11 is 0. The molecule has 2 fully saturated rings. The van der Waals surface area contributed by atoms with Gasteiger partial charge in [0, 0.05) is 81.4 Å². The zero-order chi connectivity index (χ0) is 29.4. The summed E-state index contributed by atoms with van der Waals surface area (Å²) < 4.78 is 5.57. The number of hydrogen-bond acceptors (Lipinski definition) is 7. The van der Waals surface area contributed by atoms with Gasteiger partial charge in [-0.1, -0.05) is 13.0 Å². The Balaban J connectivity index is 1.12. The zero-order valence-corrected chi connectivity index (χ0v) is 25.3. The summed E-state index contributed by atoms with van der Waals surface area (Å²) in [6, 6.07) is 17.8. The molecule has 2 atom stereocenters. The highest BCUT2D eigenvalue weighted by Crippen LogP contribution is 2.34. The second kappa shape index (κ2) is 11.4. The number of carbonyl (C=O) groups excluding carboxylic acids is 1. The van der Waals surface area contributed by atoms with Gasteiger partial charge in [0.25, 0.3) is 0 Å². The lowest BCUT2D eigenvalue weighted by molar-refractivity contribution is 0.0240. The van der Waals surface area contributed by atoms with Gasteiger partial charge in [-0.05, 0) is 87.1 Å². The maximum atomic E-state index is 12.5. The van der Waals surface area contributed by atoms with Crippen LogP contribution in [-0.4, -0.2) is 78.3 Å². The van der Waals surface area contributed by atoms with Crippen molar-refractivity contribution in [2.24, 2.45) is 5.92 Å². The van der Waals surface area contributed by atoms with E-state index in [9.17, 15) is 10.1 Å². The van der Waals surface area contributed by atoms with Gasteiger partial charge in [-0.25, -0.2) is 4.79 Å². The minimum absolute atomic E-state index is 0.215. The highest BCUT2D eigenvalue weighted by molar-refractivity contribution is 5.95. The molecular weight excluding hydrogens is 524 g/mol. The summed E-state index contributed by atoms with van der Waals surface area (Å²) in [6.07, 6.45) is 3.80. The Labute approximate surface area is 249 Å². The van der Waals surface area contributed by atoms with E-state index in [-0.39, 0.29) is 6.09 Å². The molecule has 0 saturated carbocycles. The molecule has 0 unspecified atom stereocenters. The molecule has 2 aromatic carbocycles. The van der Waals surface area contributed by atoms with Crippen molar-refractivity contribution in [3.05, 3.63) is 65.4 Å². The predicted molar refractivity (Wildman–Crippen MR) is 167 cm³/mol. The third-order valence-electron chi connectivity index (χ3n) is 8.89. The molecule has 0 N–H and O–H groups in total. The summed E-state index contributed by atoms with van der Waals surface area (Å²) in [5.41, 5.74) is 6.27. The Morgan fingerprint density at radius 2 is 1.81 bits per heavy atom. The van der Waals surface area contributed by atoms with Crippen molar-refractivity contribution >= 4 is 28.4 Å². The lowest BCUT2D eigenvalue weighted by Crippen LogP contribution is -2.52. The Kier molecular flexibility index (Phi) is 7.71. The average Bonchev–Trinajstić information content (AvgIpc) is 2.99. The number of benzene rings is 2. The van der Waals surface area contributed by atoms with Crippen molar-refractivity contribution in [2.45, 2.75) is 58.7 Å². The number of amides is 1. The number of nitrogens with zero attached hydrogens (tertiary/aromatic N) is 6. The first-order valence-corrected chi connectivity index (χ1v) is 15.3. The van der Waals surface area contributed by atoms with Crippen molar-refractivity contribution < 1.29 is 9.53 Å². The van der Waals surface area contributed by atoms with Crippen molar-refractivity contribution in [2.75, 3.05) is 55.6 Å². The first kappa shape index (κ1) is 28.3. The minimum Gasteiger partial charge on any atom is -0.444 e. The smallest absolute Gasteiger partial charge is 0.410 e. The highest BCUT2D eigenvalue weighted by atomic mass is 16.6. The number of piperidine rings is 1. The van der Waals surface area contributed by atoms with Gasteiger partial charge in [0.1, 0.15) is 11.7 Å². The van der Waals surface area contributed by atoms with E-state index in [1.165, 1.54) is 28.9 Å². The summed E-state index contributed by atoms with van der Waals surface area (Å²) in [6.45, 7) is 15.1. The molecule has 1 amide bonds. The van der Waals surface area contributed by atoms with Crippen LogP contribution in [-0.2, 0) is 17.7 Å². The van der Waals surface area contributed by atoms with Crippen LogP contribution in [0, 0.1) is 17.2 Å². The number of carbonyl (C=O) groups is 1. The van der Waals surface area contributed by atoms with Crippen molar-refractivity contribution in [1.82, 2.24) is 14.8 Å². The van der Waals surface area contributed by atoms with E-state index in [0.29, 0.717) is 30.6 Å². The Morgan fingerprint density at radius 1 is 1.00 bits per heavy atom. The van der Waals surface area contributed by atoms with Crippen LogP contribution in [0.15, 0.2) is 48.7 Å². The third-order valence-corrected chi connectivity index (χ3v) is 8.89. The average molecular weight is 567 g/mol. The molecule has 3 aliphatic rings. The molecule has 4 heterocycles. The van der Waals surface area contributed by atoms with Crippen LogP contribution >= 0.6 is 0 Å². The van der Waals surface area contributed by atoms with Gasteiger partial charge in [-0.3, -0.25) is 9.88 Å². The molecule has 220 valence electrons. The molecule has 3 aromatic rings. The number of ether oxygens (including phenoxy) is 1. The van der Waals surface area contributed by atoms with Gasteiger partial charge in [-0.15, -0.1) is 0 Å². The van der Waals surface area contributed by atoms with Crippen LogP contribution in [0.3, 0.4) is 0 Å². The van der Waals surface area contributed by atoms with Crippen LogP contribution in [0.1, 0.15) is 50.8 Å². The molecule has 8 heteroatoms. The molecule has 6 rings (SSSR count). The van der Waals surface area contributed by atoms with E-state index < -0.39 is 5.60 Å². The van der Waals surface area contributed by atoms with Crippen molar-refractivity contribution in [3.8, 4) is 6.07 Å². The number of hydrogen-bond donors (Lipinski definition) is 0. The lowest BCUT2D eigenvalue weighted by atomic mass is 9.91. The van der Waals surface area contributed by atoms with Crippen LogP contribution in [0.4, 0.5) is 16.2 Å². The number of rotatable bonds is 3. The monoisotopic (exact) mass is 566 g/mol. The third kappa shape index (κ3) is 5.89. The summed E-state index contributed by atoms with van der Waals surface area (Å²) in [4.78, 5) is 26.4. The van der Waals surface area contributed by atoms with Crippen LogP contribution < -0.4 is 9.80 Å². The molecule has 2 saturated heterocycles. The maximum Gasteiger partial charge on any atom is 0.410 e. The highest BCUT2D eigenvalue weighted by Gasteiger charge is 2.32. The van der Waals surface area contributed by atoms with Crippen LogP contribution in [0.2, 0.25) is 0 Å². The van der Waals surface area contributed by atoms with Crippen molar-refractivity contribution in [1.29, 1.82) is 5.26 Å². The van der Waals surface area contributed by atoms with Gasteiger partial charge in [0.05, 0.1) is 11.1 Å². The maximum absolute atomic E-state index is 12.5. The first-order valence-electron chi connectivity index (χ1n) is 15.3. The normalized spacial score (nSPS) is 21.6. The minimum atomic E-state index is -0.468. The molecule has 1 aromatic heterocycles. The number of fused-ring (bicyclic) bond motifs is 2. The fraction of sp³-hybridized carbons (Fsp3) is 0.500. The fourth-order valence-electron chi connectivity index (χ4n) is 6.85. The SMILES string of the molecule is C[C@H]1C[C@@H](N2CCc3cc(N4CCN(C(=O)OC(C)(C)C)CC4)ccc3C2)CN(c2ccc(C#N)c3ncccc23)C1. The zero-order valence-electron chi connectivity index (χ0n) is 25.3. The molecule has 0 spiro atoms. The van der Waals surface area contributed by atoms with Crippen LogP contribution in [0.5, 0.6) is 0 Å². The Bertz CT molecular complexity index is 1500. The van der Waals surface area contributed by atoms with Gasteiger partial charge >= 0.3 is 6.09 Å². The van der Waals surface area contributed by atoms with Crippen molar-refractivity contribution in [3.63, 3.8) is 0 Å². The number of anilines is 2. The largest absolute Gasteiger partial charge is 0.444 e. The summed E-state index contributed by atoms with van der Waals surface area (Å²) in [5, 5.41) is 10.7. The molecule has 8 nitrogen and oxygen atoms in total. The lowest BCUT2D eigenvalue weighted by Gasteiger charge is -2.45. The first-order chi connectivity index (χ1) is 20.2. The summed E-state index contributed by atoms with van der Waals surface area (Å²) in [7, 11) is 0. The van der Waals surface area contributed by atoms with Gasteiger partial charge in [0.15, 0.2) is 0 Å². The molecular formula is C34H42N6O2. The number of aromatic nitrogens is 1. The van der Waals surface area contributed by atoms with Gasteiger partial charge < -0.3 is 19.4 Å². The van der Waals surface area contributed by atoms with E-state index in [1.54, 1.807) is 6.20 Å². The second-order valence-corrected chi connectivity index (χ2v) is 13.2. The topological polar surface area (TPSA) is 75.9 Å². The van der Waals surface area contributed by atoms with E-state index in [0.717, 1.165) is 56.6 Å². The molecule has 3 aliphatic heterocycles. The van der Waals surface area contributed by atoms with Crippen LogP contribution in [0.25, 0.3) is 10.9 Å². The standard InChI is InChI=1S/C34H42N6O2/c1-24-18-29(23-40(21-24)31-10-8-26(20-35)32-30(31)6-5-12-36-32)39-13-11-25-19-28(9-7-27(25)22-39)37-14-16-38(17-15-37)33(41)42-34(2,3)4/h5-10,12,19,24,29H,11,13-18,21-23H2,1-4H3/t24-,29+/m0/s1. The Morgan fingerprint density at radius 3 is 2.57 bits per heavy atom. The number of piperazine rings is 1. The summed E-state index contributed by atoms with van der Waals surface area (Å²) in [5.74, 6) is 0.578. The molecule has 0 aliphatic carbocycles. The van der Waals surface area contributed by atoms with E-state index in [2.05, 4.69) is 63.0 Å². The number of nitriles is 1. The second-order valence-electron chi connectivity index (χ2n) is 13.2. The van der Waals surface area contributed by atoms with E-state index in [4.69, 9.17) is 4.74 Å². The molecule has 42 heavy (non-hydrogen) atoms. The Hall–Kier alpha value is -3.83. The van der Waals surface area contributed by atoms with E-state index in [1.807, 2.05) is 37.8 Å². The number of pyridine rings is 1. The predicted octanol–water partition coefficient (Wildman–Crippen LogP) is 5.44. The van der Waals surface area contributed by atoms with Gasteiger partial charge in [0.2, 0.25) is 0 Å². The van der Waals surface area contributed by atoms with E-state index >= 15 is 0 Å². The fourth-order valence-corrected chi connectivity index (χ4v) is 6.85. The molecule has 0 bridgehead atoms. The quantitative estimate of drug-likeness (QED) is 0.418. The van der Waals surface area contributed by atoms with Gasteiger partial charge in [-0.2, -0.15) is 5.26 Å².